The number of amides is 1. The molecule has 4 nitrogen and oxygen atoms in total. The molecule has 0 unspecified atom stereocenters. The SMILES string of the molecule is CN(Cc1nc2c(s1)CCCC2)C(=O)CCN. The van der Waals surface area contributed by atoms with E-state index in [-0.39, 0.29) is 5.91 Å². The molecule has 0 radical (unpaired) electrons. The van der Waals surface area contributed by atoms with E-state index >= 15 is 0 Å². The molecule has 1 amide bonds. The molecule has 94 valence electrons. The fraction of sp³-hybridized carbons (Fsp3) is 0.667. The fourth-order valence-electron chi connectivity index (χ4n) is 2.08. The standard InChI is InChI=1S/C12H19N3OS/c1-15(12(16)6-7-13)8-11-14-9-4-2-3-5-10(9)17-11/h2-8,13H2,1H3. The van der Waals surface area contributed by atoms with Gasteiger partial charge >= 0.3 is 0 Å². The van der Waals surface area contributed by atoms with E-state index in [1.165, 1.54) is 23.4 Å². The molecular weight excluding hydrogens is 234 g/mol. The average Bonchev–Trinajstić information content (AvgIpc) is 2.71. The van der Waals surface area contributed by atoms with E-state index in [1.807, 2.05) is 7.05 Å². The van der Waals surface area contributed by atoms with Crippen LogP contribution in [-0.4, -0.2) is 29.4 Å². The summed E-state index contributed by atoms with van der Waals surface area (Å²) in [5.41, 5.74) is 6.64. The molecule has 0 spiro atoms. The van der Waals surface area contributed by atoms with Gasteiger partial charge in [0.15, 0.2) is 0 Å². The minimum atomic E-state index is 0.0978. The molecule has 17 heavy (non-hydrogen) atoms. The molecule has 2 rings (SSSR count). The molecule has 5 heteroatoms. The van der Waals surface area contributed by atoms with Gasteiger partial charge in [0.1, 0.15) is 5.01 Å². The highest BCUT2D eigenvalue weighted by Gasteiger charge is 2.17. The molecule has 0 aromatic carbocycles. The van der Waals surface area contributed by atoms with Crippen LogP contribution in [0.4, 0.5) is 0 Å². The van der Waals surface area contributed by atoms with Crippen LogP contribution in [0.5, 0.6) is 0 Å². The summed E-state index contributed by atoms with van der Waals surface area (Å²) in [6.45, 7) is 1.04. The van der Waals surface area contributed by atoms with Crippen molar-refractivity contribution in [2.75, 3.05) is 13.6 Å². The zero-order valence-electron chi connectivity index (χ0n) is 10.2. The van der Waals surface area contributed by atoms with E-state index in [0.717, 1.165) is 17.8 Å². The topological polar surface area (TPSA) is 59.2 Å². The predicted octanol–water partition coefficient (Wildman–Crippen LogP) is 1.33. The van der Waals surface area contributed by atoms with Crippen molar-refractivity contribution in [3.8, 4) is 0 Å². The van der Waals surface area contributed by atoms with Gasteiger partial charge in [-0.25, -0.2) is 4.98 Å². The summed E-state index contributed by atoms with van der Waals surface area (Å²) in [6.07, 6.45) is 5.20. The molecule has 1 aromatic heterocycles. The van der Waals surface area contributed by atoms with Gasteiger partial charge in [0.2, 0.25) is 5.91 Å². The van der Waals surface area contributed by atoms with Crippen molar-refractivity contribution in [2.24, 2.45) is 5.73 Å². The number of hydrogen-bond acceptors (Lipinski definition) is 4. The Kier molecular flexibility index (Phi) is 4.12. The van der Waals surface area contributed by atoms with Crippen LogP contribution in [-0.2, 0) is 24.2 Å². The van der Waals surface area contributed by atoms with Crippen molar-refractivity contribution in [3.05, 3.63) is 15.6 Å². The molecule has 1 aliphatic rings. The number of fused-ring (bicyclic) bond motifs is 1. The number of aryl methyl sites for hydroxylation is 2. The first kappa shape index (κ1) is 12.5. The largest absolute Gasteiger partial charge is 0.339 e. The van der Waals surface area contributed by atoms with Crippen LogP contribution in [0.25, 0.3) is 0 Å². The van der Waals surface area contributed by atoms with E-state index in [4.69, 9.17) is 5.73 Å². The van der Waals surface area contributed by atoms with Gasteiger partial charge in [-0.1, -0.05) is 0 Å². The third-order valence-electron chi connectivity index (χ3n) is 3.05. The third kappa shape index (κ3) is 3.04. The van der Waals surface area contributed by atoms with E-state index in [0.29, 0.717) is 19.5 Å². The second-order valence-corrected chi connectivity index (χ2v) is 5.64. The summed E-state index contributed by atoms with van der Waals surface area (Å²) in [7, 11) is 1.82. The van der Waals surface area contributed by atoms with E-state index in [2.05, 4.69) is 4.98 Å². The van der Waals surface area contributed by atoms with Gasteiger partial charge in [-0.2, -0.15) is 0 Å². The Morgan fingerprint density at radius 2 is 2.24 bits per heavy atom. The van der Waals surface area contributed by atoms with Crippen molar-refractivity contribution >= 4 is 17.2 Å². The first-order chi connectivity index (χ1) is 8.20. The van der Waals surface area contributed by atoms with Crippen molar-refractivity contribution < 1.29 is 4.79 Å². The summed E-state index contributed by atoms with van der Waals surface area (Å²) < 4.78 is 0. The predicted molar refractivity (Wildman–Crippen MR) is 68.9 cm³/mol. The molecule has 1 aromatic rings. The van der Waals surface area contributed by atoms with Crippen molar-refractivity contribution in [1.29, 1.82) is 0 Å². The maximum absolute atomic E-state index is 11.6. The van der Waals surface area contributed by atoms with E-state index < -0.39 is 0 Å². The number of nitrogens with two attached hydrogens (primary N) is 1. The Labute approximate surface area is 106 Å². The third-order valence-corrected chi connectivity index (χ3v) is 4.19. The average molecular weight is 253 g/mol. The van der Waals surface area contributed by atoms with E-state index in [1.54, 1.807) is 16.2 Å². The van der Waals surface area contributed by atoms with Gasteiger partial charge in [0, 0.05) is 24.9 Å². The zero-order valence-corrected chi connectivity index (χ0v) is 11.1. The summed E-state index contributed by atoms with van der Waals surface area (Å²) >= 11 is 1.76. The van der Waals surface area contributed by atoms with Crippen LogP contribution in [0, 0.1) is 0 Å². The lowest BCUT2D eigenvalue weighted by Crippen LogP contribution is -2.27. The first-order valence-corrected chi connectivity index (χ1v) is 6.94. The highest BCUT2D eigenvalue weighted by Crippen LogP contribution is 2.27. The molecule has 0 aliphatic heterocycles. The normalized spacial score (nSPS) is 14.5. The summed E-state index contributed by atoms with van der Waals surface area (Å²) in [5, 5.41) is 1.06. The zero-order chi connectivity index (χ0) is 12.3. The summed E-state index contributed by atoms with van der Waals surface area (Å²) in [6, 6.07) is 0. The number of hydrogen-bond donors (Lipinski definition) is 1. The van der Waals surface area contributed by atoms with Crippen molar-refractivity contribution in [1.82, 2.24) is 9.88 Å². The van der Waals surface area contributed by atoms with Crippen LogP contribution in [0.2, 0.25) is 0 Å². The number of aromatic nitrogens is 1. The summed E-state index contributed by atoms with van der Waals surface area (Å²) in [4.78, 5) is 19.4. The Balaban J connectivity index is 1.98. The molecule has 0 saturated carbocycles. The van der Waals surface area contributed by atoms with Gasteiger partial charge in [0.05, 0.1) is 12.2 Å². The minimum absolute atomic E-state index is 0.0978. The Hall–Kier alpha value is -0.940. The van der Waals surface area contributed by atoms with Crippen molar-refractivity contribution in [3.63, 3.8) is 0 Å². The van der Waals surface area contributed by atoms with Crippen LogP contribution >= 0.6 is 11.3 Å². The van der Waals surface area contributed by atoms with Crippen LogP contribution in [0.15, 0.2) is 0 Å². The Morgan fingerprint density at radius 3 is 2.94 bits per heavy atom. The molecular formula is C12H19N3OS. The number of thiazole rings is 1. The van der Waals surface area contributed by atoms with Crippen LogP contribution < -0.4 is 5.73 Å². The molecule has 0 bridgehead atoms. The number of carbonyl (C=O) groups excluding carboxylic acids is 1. The fourth-order valence-corrected chi connectivity index (χ4v) is 3.29. The molecule has 0 fully saturated rings. The number of rotatable bonds is 4. The molecule has 1 aliphatic carbocycles. The molecule has 2 N–H and O–H groups in total. The number of nitrogens with zero attached hydrogens (tertiary/aromatic N) is 2. The van der Waals surface area contributed by atoms with Gasteiger partial charge in [-0.05, 0) is 25.7 Å². The van der Waals surface area contributed by atoms with Crippen LogP contribution in [0.1, 0.15) is 34.8 Å². The lowest BCUT2D eigenvalue weighted by molar-refractivity contribution is -0.130. The highest BCUT2D eigenvalue weighted by molar-refractivity contribution is 7.11. The Morgan fingerprint density at radius 1 is 1.47 bits per heavy atom. The minimum Gasteiger partial charge on any atom is -0.339 e. The maximum atomic E-state index is 11.6. The second kappa shape index (κ2) is 5.60. The van der Waals surface area contributed by atoms with E-state index in [9.17, 15) is 4.79 Å². The smallest absolute Gasteiger partial charge is 0.223 e. The lowest BCUT2D eigenvalue weighted by Gasteiger charge is -2.14. The monoisotopic (exact) mass is 253 g/mol. The summed E-state index contributed by atoms with van der Waals surface area (Å²) in [5.74, 6) is 0.0978. The second-order valence-electron chi connectivity index (χ2n) is 4.47. The highest BCUT2D eigenvalue weighted by atomic mass is 32.1. The molecule has 1 heterocycles. The van der Waals surface area contributed by atoms with Gasteiger partial charge in [-0.15, -0.1) is 11.3 Å². The quantitative estimate of drug-likeness (QED) is 0.880. The van der Waals surface area contributed by atoms with Crippen molar-refractivity contribution in [2.45, 2.75) is 38.6 Å². The van der Waals surface area contributed by atoms with Gasteiger partial charge in [-0.3, -0.25) is 4.79 Å². The maximum Gasteiger partial charge on any atom is 0.223 e. The lowest BCUT2D eigenvalue weighted by atomic mass is 10.0. The van der Waals surface area contributed by atoms with Crippen LogP contribution in [0.3, 0.4) is 0 Å². The molecule has 0 atom stereocenters. The molecule has 0 saturated heterocycles. The Bertz CT molecular complexity index is 379. The first-order valence-electron chi connectivity index (χ1n) is 6.12. The van der Waals surface area contributed by atoms with Gasteiger partial charge < -0.3 is 10.6 Å². The van der Waals surface area contributed by atoms with Gasteiger partial charge in [0.25, 0.3) is 0 Å². The number of carbonyl (C=O) groups is 1.